The number of aliphatic imine (C=N–C) groups is 1. The highest BCUT2D eigenvalue weighted by Crippen LogP contribution is 2.46. The van der Waals surface area contributed by atoms with Crippen molar-refractivity contribution in [3.05, 3.63) is 34.9 Å². The van der Waals surface area contributed by atoms with Crippen LogP contribution in [0.1, 0.15) is 89.3 Å². The van der Waals surface area contributed by atoms with Gasteiger partial charge < -0.3 is 10.0 Å². The van der Waals surface area contributed by atoms with Crippen LogP contribution in [0.3, 0.4) is 0 Å². The Morgan fingerprint density at radius 3 is 2.34 bits per heavy atom. The van der Waals surface area contributed by atoms with Gasteiger partial charge in [0.1, 0.15) is 5.04 Å². The predicted octanol–water partition coefficient (Wildman–Crippen LogP) is 6.00. The molecule has 0 aromatic heterocycles. The van der Waals surface area contributed by atoms with E-state index in [-0.39, 0.29) is 10.8 Å². The van der Waals surface area contributed by atoms with E-state index in [4.69, 9.17) is 10.5 Å². The van der Waals surface area contributed by atoms with Gasteiger partial charge >= 0.3 is 0 Å². The Hall–Kier alpha value is -1.17. The maximum absolute atomic E-state index is 8.94. The molecule has 3 rings (SSSR count). The van der Waals surface area contributed by atoms with Crippen molar-refractivity contribution in [2.45, 2.75) is 83.5 Å². The van der Waals surface area contributed by atoms with E-state index in [1.807, 2.05) is 7.05 Å². The molecule has 0 amide bonds. The van der Waals surface area contributed by atoms with Gasteiger partial charge in [-0.2, -0.15) is 0 Å². The number of aliphatic hydroxyl groups excluding tert-OH is 1. The minimum atomic E-state index is 0.164. The normalized spacial score (nSPS) is 21.4. The fourth-order valence-electron chi connectivity index (χ4n) is 5.23. The molecule has 5 heteroatoms. The average molecular weight is 458 g/mol. The molecule has 0 bridgehead atoms. The summed E-state index contributed by atoms with van der Waals surface area (Å²) in [6.07, 6.45) is 7.85. The number of thioether (sulfide) groups is 1. The van der Waals surface area contributed by atoms with Crippen LogP contribution >= 0.6 is 11.8 Å². The van der Waals surface area contributed by atoms with Crippen molar-refractivity contribution in [2.75, 3.05) is 33.3 Å². The molecule has 0 unspecified atom stereocenters. The summed E-state index contributed by atoms with van der Waals surface area (Å²) >= 11 is 1.57. The van der Waals surface area contributed by atoms with Crippen LogP contribution in [0.2, 0.25) is 0 Å². The zero-order chi connectivity index (χ0) is 23.4. The maximum atomic E-state index is 8.94. The molecular weight excluding hydrogens is 414 g/mol. The Kier molecular flexibility index (Phi) is 8.62. The molecule has 0 atom stereocenters. The van der Waals surface area contributed by atoms with Crippen LogP contribution in [0.25, 0.3) is 0 Å². The van der Waals surface area contributed by atoms with Gasteiger partial charge in [0.15, 0.2) is 0 Å². The summed E-state index contributed by atoms with van der Waals surface area (Å²) in [5, 5.41) is 19.5. The number of likely N-dealkylation sites (tertiary alicyclic amines) is 1. The number of nitrogens with zero attached hydrogens (tertiary/aromatic N) is 2. The molecule has 2 aliphatic rings. The second-order valence-electron chi connectivity index (χ2n) is 10.9. The second kappa shape index (κ2) is 10.8. The predicted molar refractivity (Wildman–Crippen MR) is 140 cm³/mol. The molecule has 1 aliphatic carbocycles. The Balaban J connectivity index is 1.62. The third-order valence-electron chi connectivity index (χ3n) is 7.61. The molecule has 1 aromatic rings. The topological polar surface area (TPSA) is 59.7 Å². The first kappa shape index (κ1) is 25.5. The van der Waals surface area contributed by atoms with E-state index in [1.54, 1.807) is 11.8 Å². The fourth-order valence-corrected chi connectivity index (χ4v) is 6.18. The first-order valence-corrected chi connectivity index (χ1v) is 13.2. The lowest BCUT2D eigenvalue weighted by atomic mass is 9.63. The minimum Gasteiger partial charge on any atom is -0.396 e. The molecular formula is C27H43N3OS. The maximum Gasteiger partial charge on any atom is 0.100 e. The highest BCUT2D eigenvalue weighted by atomic mass is 32.2. The van der Waals surface area contributed by atoms with E-state index in [0.29, 0.717) is 17.6 Å². The molecule has 2 N–H and O–H groups in total. The molecule has 1 aromatic carbocycles. The number of aliphatic hydroxyl groups is 1. The first-order chi connectivity index (χ1) is 15.2. The van der Waals surface area contributed by atoms with E-state index in [1.165, 1.54) is 30.4 Å². The van der Waals surface area contributed by atoms with Gasteiger partial charge in [-0.05, 0) is 92.6 Å². The lowest BCUT2D eigenvalue weighted by molar-refractivity contribution is 0.203. The van der Waals surface area contributed by atoms with Crippen molar-refractivity contribution in [3.8, 4) is 0 Å². The minimum absolute atomic E-state index is 0.164. The third-order valence-corrected chi connectivity index (χ3v) is 8.78. The fraction of sp³-hybridized carbons (Fsp3) is 0.704. The highest BCUT2D eigenvalue weighted by molar-refractivity contribution is 8.27. The standard InChI is InChI=1S/C27H43N3OS/c1-26(2)13-14-27(3,4)23-19-21(9-10-22(23)26)24(28)32-25(29-5)20-11-16-30(17-12-20)15-7-6-8-18-31/h9-10,19-20,28,31H,6-8,11-18H2,1-5H3. The van der Waals surface area contributed by atoms with Gasteiger partial charge in [0, 0.05) is 25.1 Å². The summed E-state index contributed by atoms with van der Waals surface area (Å²) in [5.74, 6) is 0.465. The Labute approximate surface area is 199 Å². The molecule has 1 saturated heterocycles. The zero-order valence-corrected chi connectivity index (χ0v) is 21.7. The molecule has 1 fully saturated rings. The Bertz CT molecular complexity index is 822. The molecule has 32 heavy (non-hydrogen) atoms. The van der Waals surface area contributed by atoms with Gasteiger partial charge in [0.25, 0.3) is 0 Å². The number of nitrogens with one attached hydrogen (secondary N) is 1. The van der Waals surface area contributed by atoms with Crippen molar-refractivity contribution in [2.24, 2.45) is 10.9 Å². The van der Waals surface area contributed by atoms with Crippen LogP contribution in [-0.2, 0) is 10.8 Å². The molecule has 1 heterocycles. The lowest BCUT2D eigenvalue weighted by Gasteiger charge is -2.42. The molecule has 1 aliphatic heterocycles. The summed E-state index contributed by atoms with van der Waals surface area (Å²) in [7, 11) is 1.88. The number of benzene rings is 1. The molecule has 0 spiro atoms. The van der Waals surface area contributed by atoms with Gasteiger partial charge in [-0.1, -0.05) is 51.6 Å². The van der Waals surface area contributed by atoms with Crippen LogP contribution in [-0.4, -0.2) is 53.4 Å². The van der Waals surface area contributed by atoms with Crippen LogP contribution in [0.5, 0.6) is 0 Å². The lowest BCUT2D eigenvalue weighted by Crippen LogP contribution is -2.36. The van der Waals surface area contributed by atoms with E-state index in [2.05, 4.69) is 55.8 Å². The summed E-state index contributed by atoms with van der Waals surface area (Å²) < 4.78 is 0. The monoisotopic (exact) mass is 457 g/mol. The van der Waals surface area contributed by atoms with Gasteiger partial charge in [-0.3, -0.25) is 10.4 Å². The number of fused-ring (bicyclic) bond motifs is 1. The van der Waals surface area contributed by atoms with Gasteiger partial charge in [0.05, 0.1) is 5.04 Å². The number of hydrogen-bond donors (Lipinski definition) is 2. The summed E-state index contributed by atoms with van der Waals surface area (Å²) in [5.41, 5.74) is 4.27. The second-order valence-corrected chi connectivity index (χ2v) is 12.0. The summed E-state index contributed by atoms with van der Waals surface area (Å²) in [6, 6.07) is 6.71. The smallest absolute Gasteiger partial charge is 0.100 e. The van der Waals surface area contributed by atoms with Crippen LogP contribution < -0.4 is 0 Å². The quantitative estimate of drug-likeness (QED) is 0.300. The van der Waals surface area contributed by atoms with Crippen molar-refractivity contribution in [1.29, 1.82) is 5.41 Å². The third kappa shape index (κ3) is 6.03. The van der Waals surface area contributed by atoms with Crippen LogP contribution in [0, 0.1) is 11.3 Å². The number of piperidine rings is 1. The summed E-state index contributed by atoms with van der Waals surface area (Å²) in [4.78, 5) is 7.17. The number of hydrogen-bond acceptors (Lipinski definition) is 5. The van der Waals surface area contributed by atoms with Crippen LogP contribution in [0.4, 0.5) is 0 Å². The SMILES string of the molecule is CN=C(SC(=N)c1ccc2c(c1)C(C)(C)CCC2(C)C)C1CCN(CCCCCO)CC1. The largest absolute Gasteiger partial charge is 0.396 e. The van der Waals surface area contributed by atoms with Gasteiger partial charge in [0.2, 0.25) is 0 Å². The van der Waals surface area contributed by atoms with Crippen molar-refractivity contribution >= 4 is 21.8 Å². The Morgan fingerprint density at radius 1 is 1.06 bits per heavy atom. The zero-order valence-electron chi connectivity index (χ0n) is 20.8. The van der Waals surface area contributed by atoms with Crippen molar-refractivity contribution in [3.63, 3.8) is 0 Å². The van der Waals surface area contributed by atoms with E-state index < -0.39 is 0 Å². The highest BCUT2D eigenvalue weighted by Gasteiger charge is 2.37. The molecule has 0 radical (unpaired) electrons. The molecule has 0 saturated carbocycles. The van der Waals surface area contributed by atoms with Gasteiger partial charge in [-0.15, -0.1) is 0 Å². The number of rotatable bonds is 7. The first-order valence-electron chi connectivity index (χ1n) is 12.4. The van der Waals surface area contributed by atoms with E-state index >= 15 is 0 Å². The molecule has 4 nitrogen and oxygen atoms in total. The van der Waals surface area contributed by atoms with E-state index in [0.717, 1.165) is 55.9 Å². The van der Waals surface area contributed by atoms with Gasteiger partial charge in [-0.25, -0.2) is 0 Å². The summed E-state index contributed by atoms with van der Waals surface area (Å²) in [6.45, 7) is 13.0. The van der Waals surface area contributed by atoms with Crippen molar-refractivity contribution in [1.82, 2.24) is 4.90 Å². The van der Waals surface area contributed by atoms with Crippen molar-refractivity contribution < 1.29 is 5.11 Å². The number of unbranched alkanes of at least 4 members (excludes halogenated alkanes) is 2. The average Bonchev–Trinajstić information content (AvgIpc) is 2.78. The van der Waals surface area contributed by atoms with Crippen LogP contribution in [0.15, 0.2) is 23.2 Å². The Morgan fingerprint density at radius 2 is 1.72 bits per heavy atom. The molecule has 178 valence electrons. The van der Waals surface area contributed by atoms with E-state index in [9.17, 15) is 0 Å².